The van der Waals surface area contributed by atoms with Crippen molar-refractivity contribution < 1.29 is 49.1 Å². The highest BCUT2D eigenvalue weighted by Gasteiger charge is 2.48. The minimum Gasteiger partial charge on any atom is -0.384 e. The molecule has 3 rings (SSSR count). The first-order valence-electron chi connectivity index (χ1n) is 9.50. The Bertz CT molecular complexity index is 1160. The van der Waals surface area contributed by atoms with Crippen LogP contribution in [0.3, 0.4) is 0 Å². The van der Waals surface area contributed by atoms with Gasteiger partial charge < -0.3 is 10.2 Å². The zero-order valence-electron chi connectivity index (χ0n) is 17.3. The first-order valence-corrected chi connectivity index (χ1v) is 10.5. The number of carbonyl (C=O) groups is 2. The number of thioether (sulfide) groups is 1. The third-order valence-electron chi connectivity index (χ3n) is 5.06. The number of hydrogen-bond acceptors (Lipinski definition) is 5. The van der Waals surface area contributed by atoms with E-state index in [1.807, 2.05) is 0 Å². The second-order valence-electron chi connectivity index (χ2n) is 7.37. The molecule has 2 aromatic rings. The van der Waals surface area contributed by atoms with E-state index < -0.39 is 68.5 Å². The van der Waals surface area contributed by atoms with E-state index in [-0.39, 0.29) is 24.2 Å². The lowest BCUT2D eigenvalue weighted by atomic mass is 9.89. The number of carbonyl (C=O) groups excluding carboxylic acids is 2. The van der Waals surface area contributed by atoms with Gasteiger partial charge in [0.1, 0.15) is 5.25 Å². The van der Waals surface area contributed by atoms with Gasteiger partial charge in [0.2, 0.25) is 0 Å². The number of alkyl halides is 9. The Balaban J connectivity index is 2.54. The van der Waals surface area contributed by atoms with Gasteiger partial charge in [-0.1, -0.05) is 12.1 Å². The van der Waals surface area contributed by atoms with Gasteiger partial charge in [-0.05, 0) is 18.6 Å². The largest absolute Gasteiger partial charge is 0.454 e. The lowest BCUT2D eigenvalue weighted by molar-refractivity contribution is -0.129. The van der Waals surface area contributed by atoms with Crippen LogP contribution < -0.4 is 10.2 Å². The number of halogens is 9. The smallest absolute Gasteiger partial charge is 0.384 e. The molecule has 1 atom stereocenters. The molecule has 0 radical (unpaired) electrons. The second kappa shape index (κ2) is 8.54. The number of benzene rings is 2. The molecule has 4 nitrogen and oxygen atoms in total. The molecule has 0 aromatic heterocycles. The summed E-state index contributed by atoms with van der Waals surface area (Å²) in [5.74, 6) is -5.41. The van der Waals surface area contributed by atoms with Gasteiger partial charge in [-0.2, -0.15) is 39.5 Å². The predicted molar refractivity (Wildman–Crippen MR) is 109 cm³/mol. The maximum absolute atomic E-state index is 13.6. The Morgan fingerprint density at radius 2 is 1.56 bits per heavy atom. The van der Waals surface area contributed by atoms with E-state index in [1.165, 1.54) is 18.9 Å². The molecule has 0 amide bonds. The Kier molecular flexibility index (Phi) is 6.52. The van der Waals surface area contributed by atoms with Gasteiger partial charge in [0, 0.05) is 29.9 Å². The molecule has 2 aromatic carbocycles. The van der Waals surface area contributed by atoms with Crippen LogP contribution in [0, 0.1) is 0 Å². The van der Waals surface area contributed by atoms with E-state index in [0.717, 1.165) is 12.1 Å². The lowest BCUT2D eigenvalue weighted by Gasteiger charge is -2.35. The molecule has 0 saturated heterocycles. The van der Waals surface area contributed by atoms with Crippen molar-refractivity contribution in [1.82, 2.24) is 0 Å². The molecule has 1 unspecified atom stereocenters. The molecular formula is C20H15F9N2O2S. The summed E-state index contributed by atoms with van der Waals surface area (Å²) in [5.41, 5.74) is -3.94. The summed E-state index contributed by atoms with van der Waals surface area (Å²) in [6.45, 7) is 1.36. The molecule has 1 aliphatic rings. The average Bonchev–Trinajstić information content (AvgIpc) is 2.70. The van der Waals surface area contributed by atoms with Crippen molar-refractivity contribution >= 4 is 45.5 Å². The molecule has 0 saturated carbocycles. The van der Waals surface area contributed by atoms with E-state index >= 15 is 0 Å². The summed E-state index contributed by atoms with van der Waals surface area (Å²) < 4.78 is 121. The van der Waals surface area contributed by atoms with Crippen molar-refractivity contribution in [2.24, 2.45) is 0 Å². The van der Waals surface area contributed by atoms with Gasteiger partial charge in [0.15, 0.2) is 0 Å². The molecule has 0 fully saturated rings. The Morgan fingerprint density at radius 3 is 2.06 bits per heavy atom. The summed E-state index contributed by atoms with van der Waals surface area (Å²) >= 11 is 0.450. The fourth-order valence-corrected chi connectivity index (χ4v) is 4.85. The van der Waals surface area contributed by atoms with Crippen molar-refractivity contribution in [2.75, 3.05) is 29.7 Å². The third-order valence-corrected chi connectivity index (χ3v) is 6.45. The van der Waals surface area contributed by atoms with E-state index in [2.05, 4.69) is 5.32 Å². The van der Waals surface area contributed by atoms with Crippen LogP contribution in [-0.4, -0.2) is 49.6 Å². The molecule has 1 heterocycles. The van der Waals surface area contributed by atoms with Crippen molar-refractivity contribution in [1.29, 1.82) is 0 Å². The van der Waals surface area contributed by atoms with Crippen LogP contribution in [-0.2, 0) is 0 Å². The maximum atomic E-state index is 13.6. The number of anilines is 2. The first-order chi connectivity index (χ1) is 15.5. The number of nitrogens with one attached hydrogen (secondary N) is 1. The van der Waals surface area contributed by atoms with Gasteiger partial charge in [-0.15, -0.1) is 11.8 Å². The summed E-state index contributed by atoms with van der Waals surface area (Å²) in [6, 6.07) is 1.98. The number of Topliss-reactive ketones (excluding diaryl/α,β-unsaturated/α-hetero) is 2. The second-order valence-corrected chi connectivity index (χ2v) is 8.44. The average molecular weight is 518 g/mol. The molecule has 1 aliphatic heterocycles. The standard InChI is InChI=1S/C20H15F9N2O2S/c1-3-30-13-8-4-5-9-14(31(2)7-34-17(9)20(27,28)29)12(8)10(15(32)18(21,22)23)6-11(13)16(33)19(24,25)26/h4-6,17,30H,3,7H2,1-2H3. The van der Waals surface area contributed by atoms with Crippen molar-refractivity contribution in [3.8, 4) is 0 Å². The van der Waals surface area contributed by atoms with Gasteiger partial charge in [0.25, 0.3) is 11.6 Å². The van der Waals surface area contributed by atoms with Crippen LogP contribution in [0.2, 0.25) is 0 Å². The number of rotatable bonds is 4. The number of fused-ring (bicyclic) bond motifs is 3. The first kappa shape index (κ1) is 26.0. The van der Waals surface area contributed by atoms with Crippen LogP contribution >= 0.6 is 11.8 Å². The van der Waals surface area contributed by atoms with Crippen molar-refractivity contribution in [3.05, 3.63) is 34.9 Å². The topological polar surface area (TPSA) is 49.4 Å². The van der Waals surface area contributed by atoms with E-state index in [9.17, 15) is 49.1 Å². The molecule has 14 heteroatoms. The summed E-state index contributed by atoms with van der Waals surface area (Å²) in [6.07, 6.45) is -15.8. The van der Waals surface area contributed by atoms with Crippen LogP contribution in [0.4, 0.5) is 50.9 Å². The van der Waals surface area contributed by atoms with Crippen molar-refractivity contribution in [2.45, 2.75) is 30.7 Å². The SMILES string of the molecule is CCNc1c(C(=O)C(F)(F)F)cc(C(=O)C(F)(F)F)c2c3c(ccc12)C(C(F)(F)F)SCN3C. The van der Waals surface area contributed by atoms with Crippen LogP contribution in [0.25, 0.3) is 10.8 Å². The van der Waals surface area contributed by atoms with Gasteiger partial charge >= 0.3 is 18.5 Å². The third kappa shape index (κ3) is 4.51. The molecule has 0 aliphatic carbocycles. The van der Waals surface area contributed by atoms with E-state index in [4.69, 9.17) is 0 Å². The highest BCUT2D eigenvalue weighted by molar-refractivity contribution is 7.99. The fraction of sp³-hybridized carbons (Fsp3) is 0.400. The zero-order valence-corrected chi connectivity index (χ0v) is 18.1. The summed E-state index contributed by atoms with van der Waals surface area (Å²) in [4.78, 5) is 25.5. The number of hydrogen-bond donors (Lipinski definition) is 1. The van der Waals surface area contributed by atoms with Crippen molar-refractivity contribution in [3.63, 3.8) is 0 Å². The van der Waals surface area contributed by atoms with Gasteiger partial charge in [-0.25, -0.2) is 0 Å². The minimum absolute atomic E-state index is 0.0756. The quantitative estimate of drug-likeness (QED) is 0.370. The monoisotopic (exact) mass is 518 g/mol. The molecule has 34 heavy (non-hydrogen) atoms. The fourth-order valence-electron chi connectivity index (χ4n) is 3.79. The van der Waals surface area contributed by atoms with Crippen LogP contribution in [0.15, 0.2) is 18.2 Å². The van der Waals surface area contributed by atoms with Crippen LogP contribution in [0.1, 0.15) is 38.5 Å². The maximum Gasteiger partial charge on any atom is 0.454 e. The number of ketones is 2. The molecule has 186 valence electrons. The Morgan fingerprint density at radius 1 is 1.00 bits per heavy atom. The molecular weight excluding hydrogens is 503 g/mol. The normalized spacial score (nSPS) is 17.0. The number of nitrogens with zero attached hydrogens (tertiary/aromatic N) is 1. The lowest BCUT2D eigenvalue weighted by Crippen LogP contribution is -2.31. The summed E-state index contributed by atoms with van der Waals surface area (Å²) in [7, 11) is 1.28. The molecule has 0 bridgehead atoms. The van der Waals surface area contributed by atoms with E-state index in [1.54, 1.807) is 0 Å². The summed E-state index contributed by atoms with van der Waals surface area (Å²) in [5, 5.41) is -0.695. The van der Waals surface area contributed by atoms with Gasteiger partial charge in [0.05, 0.1) is 22.8 Å². The zero-order chi connectivity index (χ0) is 25.8. The highest BCUT2D eigenvalue weighted by atomic mass is 32.2. The minimum atomic E-state index is -5.57. The predicted octanol–water partition coefficient (Wildman–Crippen LogP) is 6.51. The van der Waals surface area contributed by atoms with Gasteiger partial charge in [-0.3, -0.25) is 9.59 Å². The molecule has 1 N–H and O–H groups in total. The van der Waals surface area contributed by atoms with Crippen LogP contribution in [0.5, 0.6) is 0 Å². The van der Waals surface area contributed by atoms with E-state index in [0.29, 0.717) is 11.8 Å². The molecule has 0 spiro atoms. The highest BCUT2D eigenvalue weighted by Crippen LogP contribution is 2.53. The Hall–Kier alpha value is -2.64. The Labute approximate surface area is 190 Å².